The quantitative estimate of drug-likeness (QED) is 0.923. The summed E-state index contributed by atoms with van der Waals surface area (Å²) in [6, 6.07) is 9.16. The monoisotopic (exact) mass is 306 g/mol. The van der Waals surface area contributed by atoms with Crippen LogP contribution in [-0.4, -0.2) is 19.2 Å². The molecule has 1 aromatic carbocycles. The molecule has 5 heteroatoms. The number of nitrogens with zero attached hydrogens (tertiary/aromatic N) is 1. The first-order valence-corrected chi connectivity index (χ1v) is 8.92. The summed E-state index contributed by atoms with van der Waals surface area (Å²) >= 11 is 0. The van der Waals surface area contributed by atoms with E-state index in [9.17, 15) is 8.42 Å². The lowest BCUT2D eigenvalue weighted by molar-refractivity contribution is 0.602. The summed E-state index contributed by atoms with van der Waals surface area (Å²) in [6.07, 6.45) is 1.23. The Morgan fingerprint density at radius 2 is 1.86 bits per heavy atom. The van der Waals surface area contributed by atoms with Gasteiger partial charge in [-0.15, -0.1) is 0 Å². The highest BCUT2D eigenvalue weighted by atomic mass is 32.2. The second-order valence-electron chi connectivity index (χ2n) is 5.26. The maximum atomic E-state index is 11.8. The number of aryl methyl sites for hydroxylation is 1. The summed E-state index contributed by atoms with van der Waals surface area (Å²) in [7, 11) is -3.22. The van der Waals surface area contributed by atoms with Gasteiger partial charge >= 0.3 is 0 Å². The molecule has 114 valence electrons. The molecule has 0 saturated carbocycles. The fourth-order valence-electron chi connectivity index (χ4n) is 2.66. The Balaban J connectivity index is 2.26. The smallest absolute Gasteiger partial charge is 0.177 e. The summed E-state index contributed by atoms with van der Waals surface area (Å²) in [5.74, 6) is 0. The van der Waals surface area contributed by atoms with E-state index < -0.39 is 9.84 Å². The average molecular weight is 306 g/mol. The Morgan fingerprint density at radius 1 is 1.19 bits per heavy atom. The molecule has 1 heterocycles. The molecule has 0 aliphatic rings. The molecule has 0 aliphatic carbocycles. The van der Waals surface area contributed by atoms with Crippen LogP contribution in [0.25, 0.3) is 0 Å². The standard InChI is InChI=1S/C16H22N2O2S/c1-5-18-12(2)10-14(13(18)3)11-17-15-8-6-7-9-16(15)21(4,19)20/h6-10,17H,5,11H2,1-4H3. The van der Waals surface area contributed by atoms with Gasteiger partial charge in [0.05, 0.1) is 10.6 Å². The molecule has 0 aliphatic heterocycles. The van der Waals surface area contributed by atoms with Gasteiger partial charge in [0.15, 0.2) is 9.84 Å². The van der Waals surface area contributed by atoms with E-state index in [-0.39, 0.29) is 0 Å². The molecule has 0 atom stereocenters. The number of benzene rings is 1. The first kappa shape index (κ1) is 15.6. The zero-order valence-electron chi connectivity index (χ0n) is 13.0. The maximum absolute atomic E-state index is 11.8. The lowest BCUT2D eigenvalue weighted by Crippen LogP contribution is -2.07. The minimum Gasteiger partial charge on any atom is -0.380 e. The fourth-order valence-corrected chi connectivity index (χ4v) is 3.53. The minimum absolute atomic E-state index is 0.342. The number of nitrogens with one attached hydrogen (secondary N) is 1. The maximum Gasteiger partial charge on any atom is 0.177 e. The van der Waals surface area contributed by atoms with E-state index in [1.54, 1.807) is 18.2 Å². The van der Waals surface area contributed by atoms with Crippen LogP contribution in [0.2, 0.25) is 0 Å². The first-order valence-electron chi connectivity index (χ1n) is 7.03. The highest BCUT2D eigenvalue weighted by Gasteiger charge is 2.13. The van der Waals surface area contributed by atoms with Crippen molar-refractivity contribution < 1.29 is 8.42 Å². The van der Waals surface area contributed by atoms with Crippen LogP contribution in [0, 0.1) is 13.8 Å². The van der Waals surface area contributed by atoms with E-state index in [1.165, 1.54) is 23.2 Å². The predicted molar refractivity (Wildman–Crippen MR) is 86.5 cm³/mol. The van der Waals surface area contributed by atoms with Gasteiger partial charge in [0.1, 0.15) is 0 Å². The van der Waals surface area contributed by atoms with Gasteiger partial charge in [-0.3, -0.25) is 0 Å². The summed E-state index contributed by atoms with van der Waals surface area (Å²) in [6.45, 7) is 7.86. The number of para-hydroxylation sites is 1. The van der Waals surface area contributed by atoms with Crippen LogP contribution in [0.3, 0.4) is 0 Å². The van der Waals surface area contributed by atoms with E-state index in [1.807, 2.05) is 6.07 Å². The van der Waals surface area contributed by atoms with Gasteiger partial charge in [-0.25, -0.2) is 8.42 Å². The molecular formula is C16H22N2O2S. The normalized spacial score (nSPS) is 11.6. The number of aromatic nitrogens is 1. The largest absolute Gasteiger partial charge is 0.380 e. The Bertz CT molecular complexity index is 746. The molecular weight excluding hydrogens is 284 g/mol. The first-order chi connectivity index (χ1) is 9.84. The van der Waals surface area contributed by atoms with Crippen LogP contribution in [0.4, 0.5) is 5.69 Å². The van der Waals surface area contributed by atoms with Gasteiger partial charge < -0.3 is 9.88 Å². The van der Waals surface area contributed by atoms with Gasteiger partial charge in [0.2, 0.25) is 0 Å². The fraction of sp³-hybridized carbons (Fsp3) is 0.375. The minimum atomic E-state index is -3.22. The number of sulfone groups is 1. The molecule has 21 heavy (non-hydrogen) atoms. The predicted octanol–water partition coefficient (Wildman–Crippen LogP) is 3.14. The van der Waals surface area contributed by atoms with E-state index in [2.05, 4.69) is 36.7 Å². The summed E-state index contributed by atoms with van der Waals surface area (Å²) in [4.78, 5) is 0.342. The molecule has 4 nitrogen and oxygen atoms in total. The van der Waals surface area contributed by atoms with Crippen molar-refractivity contribution in [1.82, 2.24) is 4.57 Å². The topological polar surface area (TPSA) is 51.1 Å². The molecule has 2 aromatic rings. The van der Waals surface area contributed by atoms with Crippen molar-refractivity contribution in [3.8, 4) is 0 Å². The third-order valence-corrected chi connectivity index (χ3v) is 4.91. The van der Waals surface area contributed by atoms with Crippen molar-refractivity contribution in [1.29, 1.82) is 0 Å². The molecule has 0 saturated heterocycles. The van der Waals surface area contributed by atoms with Crippen LogP contribution in [-0.2, 0) is 22.9 Å². The lowest BCUT2D eigenvalue weighted by atomic mass is 10.2. The Kier molecular flexibility index (Phi) is 4.42. The second-order valence-corrected chi connectivity index (χ2v) is 7.25. The van der Waals surface area contributed by atoms with E-state index in [0.717, 1.165) is 6.54 Å². The molecule has 0 spiro atoms. The number of hydrogen-bond acceptors (Lipinski definition) is 3. The number of anilines is 1. The van der Waals surface area contributed by atoms with Crippen LogP contribution in [0.15, 0.2) is 35.2 Å². The summed E-state index contributed by atoms with van der Waals surface area (Å²) in [5.41, 5.74) is 4.29. The Hall–Kier alpha value is -1.75. The van der Waals surface area contributed by atoms with Gasteiger partial charge in [0, 0.05) is 30.7 Å². The van der Waals surface area contributed by atoms with Crippen molar-refractivity contribution in [3.63, 3.8) is 0 Å². The van der Waals surface area contributed by atoms with Crippen molar-refractivity contribution >= 4 is 15.5 Å². The third kappa shape index (κ3) is 3.29. The Morgan fingerprint density at radius 3 is 2.43 bits per heavy atom. The van der Waals surface area contributed by atoms with E-state index >= 15 is 0 Å². The van der Waals surface area contributed by atoms with E-state index in [0.29, 0.717) is 17.1 Å². The van der Waals surface area contributed by atoms with Crippen molar-refractivity contribution in [2.45, 2.75) is 38.8 Å². The molecule has 0 radical (unpaired) electrons. The number of rotatable bonds is 5. The molecule has 1 aromatic heterocycles. The molecule has 0 amide bonds. The van der Waals surface area contributed by atoms with Gasteiger partial charge in [-0.05, 0) is 44.5 Å². The Labute approximate surface area is 126 Å². The summed E-state index contributed by atoms with van der Waals surface area (Å²) < 4.78 is 25.8. The molecule has 0 bridgehead atoms. The van der Waals surface area contributed by atoms with Crippen molar-refractivity contribution in [2.75, 3.05) is 11.6 Å². The third-order valence-electron chi connectivity index (χ3n) is 3.75. The average Bonchev–Trinajstić information content (AvgIpc) is 2.70. The molecule has 0 fully saturated rings. The van der Waals surface area contributed by atoms with Crippen LogP contribution < -0.4 is 5.32 Å². The van der Waals surface area contributed by atoms with Crippen LogP contribution in [0.5, 0.6) is 0 Å². The molecule has 0 unspecified atom stereocenters. The van der Waals surface area contributed by atoms with Gasteiger partial charge in [-0.2, -0.15) is 0 Å². The SMILES string of the molecule is CCn1c(C)cc(CNc2ccccc2S(C)(=O)=O)c1C. The van der Waals surface area contributed by atoms with Crippen molar-refractivity contribution in [2.24, 2.45) is 0 Å². The lowest BCUT2D eigenvalue weighted by Gasteiger charge is -2.11. The van der Waals surface area contributed by atoms with Gasteiger partial charge in [-0.1, -0.05) is 12.1 Å². The molecule has 2 rings (SSSR count). The summed E-state index contributed by atoms with van der Waals surface area (Å²) in [5, 5.41) is 3.25. The second kappa shape index (κ2) is 5.93. The zero-order chi connectivity index (χ0) is 15.6. The van der Waals surface area contributed by atoms with Crippen molar-refractivity contribution in [3.05, 3.63) is 47.3 Å². The van der Waals surface area contributed by atoms with Crippen LogP contribution in [0.1, 0.15) is 23.9 Å². The number of hydrogen-bond donors (Lipinski definition) is 1. The highest BCUT2D eigenvalue weighted by Crippen LogP contribution is 2.22. The molecule has 1 N–H and O–H groups in total. The highest BCUT2D eigenvalue weighted by molar-refractivity contribution is 7.90. The van der Waals surface area contributed by atoms with Gasteiger partial charge in [0.25, 0.3) is 0 Å². The van der Waals surface area contributed by atoms with E-state index in [4.69, 9.17) is 0 Å². The van der Waals surface area contributed by atoms with Crippen LogP contribution >= 0.6 is 0 Å². The zero-order valence-corrected chi connectivity index (χ0v) is 13.8.